The summed E-state index contributed by atoms with van der Waals surface area (Å²) in [6, 6.07) is -0.0512. The van der Waals surface area contributed by atoms with Gasteiger partial charge in [-0.3, -0.25) is 4.79 Å². The van der Waals surface area contributed by atoms with Crippen LogP contribution in [0.4, 0.5) is 0 Å². The number of carbonyl (C=O) groups excluding carboxylic acids is 1. The van der Waals surface area contributed by atoms with E-state index in [1.165, 1.54) is 0 Å². The molecular formula is C11H22N2O2. The third-order valence-corrected chi connectivity index (χ3v) is 2.98. The highest BCUT2D eigenvalue weighted by molar-refractivity contribution is 5.76. The van der Waals surface area contributed by atoms with E-state index in [-0.39, 0.29) is 11.9 Å². The number of rotatable bonds is 4. The van der Waals surface area contributed by atoms with E-state index in [4.69, 9.17) is 0 Å². The topological polar surface area (TPSA) is 52.6 Å². The number of hydrogen-bond acceptors (Lipinski definition) is 3. The first kappa shape index (κ1) is 12.5. The molecule has 88 valence electrons. The second-order valence-corrected chi connectivity index (χ2v) is 4.73. The highest BCUT2D eigenvalue weighted by Crippen LogP contribution is 2.11. The van der Waals surface area contributed by atoms with Crippen LogP contribution in [-0.2, 0) is 4.79 Å². The number of nitrogens with one attached hydrogen (secondary N) is 1. The van der Waals surface area contributed by atoms with Gasteiger partial charge in [-0.25, -0.2) is 0 Å². The van der Waals surface area contributed by atoms with E-state index < -0.39 is 6.10 Å². The molecule has 1 heterocycles. The van der Waals surface area contributed by atoms with Crippen molar-refractivity contribution in [3.63, 3.8) is 0 Å². The van der Waals surface area contributed by atoms with Gasteiger partial charge in [0.05, 0.1) is 12.1 Å². The Morgan fingerprint density at radius 3 is 2.67 bits per heavy atom. The SMILES string of the molecule is CC(C)CCC(=O)N(C)[C@@H]1CNC[C@H]1O. The minimum absolute atomic E-state index is 0.0512. The quantitative estimate of drug-likeness (QED) is 0.703. The van der Waals surface area contributed by atoms with Crippen molar-refractivity contribution in [3.8, 4) is 0 Å². The first-order valence-corrected chi connectivity index (χ1v) is 5.66. The average molecular weight is 214 g/mol. The zero-order valence-electron chi connectivity index (χ0n) is 9.86. The number of amides is 1. The second kappa shape index (κ2) is 5.47. The maximum Gasteiger partial charge on any atom is 0.222 e. The van der Waals surface area contributed by atoms with E-state index in [2.05, 4.69) is 19.2 Å². The zero-order valence-corrected chi connectivity index (χ0v) is 9.86. The maximum atomic E-state index is 11.8. The zero-order chi connectivity index (χ0) is 11.4. The van der Waals surface area contributed by atoms with E-state index in [9.17, 15) is 9.90 Å². The van der Waals surface area contributed by atoms with Gasteiger partial charge in [0.1, 0.15) is 0 Å². The highest BCUT2D eigenvalue weighted by Gasteiger charge is 2.30. The summed E-state index contributed by atoms with van der Waals surface area (Å²) in [6.07, 6.45) is 1.08. The monoisotopic (exact) mass is 214 g/mol. The molecule has 4 nitrogen and oxygen atoms in total. The molecule has 1 aliphatic heterocycles. The number of hydrogen-bond donors (Lipinski definition) is 2. The maximum absolute atomic E-state index is 11.8. The number of nitrogens with zero attached hydrogens (tertiary/aromatic N) is 1. The summed E-state index contributed by atoms with van der Waals surface area (Å²) in [6.45, 7) is 5.51. The molecule has 0 bridgehead atoms. The van der Waals surface area contributed by atoms with Crippen LogP contribution in [0, 0.1) is 5.92 Å². The predicted octanol–water partition coefficient (Wildman–Crippen LogP) is 0.214. The largest absolute Gasteiger partial charge is 0.390 e. The molecule has 0 aliphatic carbocycles. The molecule has 0 aromatic carbocycles. The lowest BCUT2D eigenvalue weighted by molar-refractivity contribution is -0.133. The summed E-state index contributed by atoms with van der Waals surface area (Å²) in [5, 5.41) is 12.7. The third kappa shape index (κ3) is 3.47. The highest BCUT2D eigenvalue weighted by atomic mass is 16.3. The molecule has 0 spiro atoms. The van der Waals surface area contributed by atoms with E-state index in [1.807, 2.05) is 0 Å². The average Bonchev–Trinajstić information content (AvgIpc) is 2.59. The second-order valence-electron chi connectivity index (χ2n) is 4.73. The van der Waals surface area contributed by atoms with Crippen LogP contribution < -0.4 is 5.32 Å². The van der Waals surface area contributed by atoms with Crippen LogP contribution in [0.1, 0.15) is 26.7 Å². The van der Waals surface area contributed by atoms with Crippen LogP contribution in [0.5, 0.6) is 0 Å². The van der Waals surface area contributed by atoms with Gasteiger partial charge in [0.2, 0.25) is 5.91 Å². The molecule has 2 N–H and O–H groups in total. The van der Waals surface area contributed by atoms with Gasteiger partial charge in [-0.15, -0.1) is 0 Å². The smallest absolute Gasteiger partial charge is 0.222 e. The van der Waals surface area contributed by atoms with Crippen LogP contribution >= 0.6 is 0 Å². The Hall–Kier alpha value is -0.610. The Balaban J connectivity index is 2.38. The molecule has 1 saturated heterocycles. The molecule has 0 radical (unpaired) electrons. The fraction of sp³-hybridized carbons (Fsp3) is 0.909. The fourth-order valence-corrected chi connectivity index (χ4v) is 1.82. The summed E-state index contributed by atoms with van der Waals surface area (Å²) in [5.41, 5.74) is 0. The van der Waals surface area contributed by atoms with Crippen molar-refractivity contribution >= 4 is 5.91 Å². The lowest BCUT2D eigenvalue weighted by atomic mass is 10.1. The number of aliphatic hydroxyl groups is 1. The summed E-state index contributed by atoms with van der Waals surface area (Å²) in [7, 11) is 1.78. The normalized spacial score (nSPS) is 25.9. The van der Waals surface area contributed by atoms with E-state index in [0.29, 0.717) is 25.4 Å². The standard InChI is InChI=1S/C11H22N2O2/c1-8(2)4-5-11(15)13(3)9-6-12-7-10(9)14/h8-10,12,14H,4-7H2,1-3H3/t9-,10-/m1/s1. The summed E-state index contributed by atoms with van der Waals surface area (Å²) >= 11 is 0. The van der Waals surface area contributed by atoms with Gasteiger partial charge in [0.15, 0.2) is 0 Å². The molecule has 15 heavy (non-hydrogen) atoms. The number of likely N-dealkylation sites (N-methyl/N-ethyl adjacent to an activating group) is 1. The van der Waals surface area contributed by atoms with Crippen molar-refractivity contribution in [2.24, 2.45) is 5.92 Å². The minimum atomic E-state index is -0.419. The molecule has 0 saturated carbocycles. The van der Waals surface area contributed by atoms with Crippen molar-refractivity contribution in [2.45, 2.75) is 38.8 Å². The van der Waals surface area contributed by atoms with Crippen molar-refractivity contribution in [1.82, 2.24) is 10.2 Å². The van der Waals surface area contributed by atoms with Crippen molar-refractivity contribution in [1.29, 1.82) is 0 Å². The number of β-amino-alcohol motifs (C(OH)–C–C–N with tert-alkyl or cyclic N) is 1. The van der Waals surface area contributed by atoms with E-state index >= 15 is 0 Å². The van der Waals surface area contributed by atoms with Gasteiger partial charge in [0, 0.05) is 26.6 Å². The minimum Gasteiger partial charge on any atom is -0.390 e. The molecule has 0 aromatic heterocycles. The lowest BCUT2D eigenvalue weighted by Gasteiger charge is -2.26. The molecule has 2 atom stereocenters. The Bertz CT molecular complexity index is 219. The summed E-state index contributed by atoms with van der Waals surface area (Å²) < 4.78 is 0. The number of aliphatic hydroxyl groups excluding tert-OH is 1. The Labute approximate surface area is 91.6 Å². The Morgan fingerprint density at radius 1 is 1.53 bits per heavy atom. The Kier molecular flexibility index (Phi) is 4.54. The molecule has 4 heteroatoms. The first-order chi connectivity index (χ1) is 7.02. The van der Waals surface area contributed by atoms with Gasteiger partial charge in [-0.1, -0.05) is 13.8 Å². The number of carbonyl (C=O) groups is 1. The molecule has 0 aromatic rings. The van der Waals surface area contributed by atoms with Crippen molar-refractivity contribution < 1.29 is 9.90 Å². The van der Waals surface area contributed by atoms with Crippen LogP contribution in [-0.4, -0.2) is 48.2 Å². The molecule has 1 fully saturated rings. The molecule has 1 aliphatic rings. The Morgan fingerprint density at radius 2 is 2.20 bits per heavy atom. The first-order valence-electron chi connectivity index (χ1n) is 5.66. The fourth-order valence-electron chi connectivity index (χ4n) is 1.82. The van der Waals surface area contributed by atoms with Crippen LogP contribution in [0.2, 0.25) is 0 Å². The summed E-state index contributed by atoms with van der Waals surface area (Å²) in [4.78, 5) is 13.5. The predicted molar refractivity (Wildman–Crippen MR) is 59.5 cm³/mol. The van der Waals surface area contributed by atoms with Crippen molar-refractivity contribution in [3.05, 3.63) is 0 Å². The molecular weight excluding hydrogens is 192 g/mol. The van der Waals surface area contributed by atoms with Gasteiger partial charge >= 0.3 is 0 Å². The third-order valence-electron chi connectivity index (χ3n) is 2.98. The van der Waals surface area contributed by atoms with Gasteiger partial charge in [-0.2, -0.15) is 0 Å². The van der Waals surface area contributed by atoms with E-state index in [0.717, 1.165) is 6.42 Å². The van der Waals surface area contributed by atoms with Gasteiger partial charge in [0.25, 0.3) is 0 Å². The lowest BCUT2D eigenvalue weighted by Crippen LogP contribution is -2.44. The summed E-state index contributed by atoms with van der Waals surface area (Å²) in [5.74, 6) is 0.686. The van der Waals surface area contributed by atoms with Gasteiger partial charge < -0.3 is 15.3 Å². The van der Waals surface area contributed by atoms with Crippen LogP contribution in [0.15, 0.2) is 0 Å². The molecule has 1 amide bonds. The van der Waals surface area contributed by atoms with Crippen LogP contribution in [0.25, 0.3) is 0 Å². The van der Waals surface area contributed by atoms with Crippen molar-refractivity contribution in [2.75, 3.05) is 20.1 Å². The van der Waals surface area contributed by atoms with Gasteiger partial charge in [-0.05, 0) is 12.3 Å². The molecule has 1 rings (SSSR count). The molecule has 0 unspecified atom stereocenters. The van der Waals surface area contributed by atoms with E-state index in [1.54, 1.807) is 11.9 Å². The van der Waals surface area contributed by atoms with Crippen LogP contribution in [0.3, 0.4) is 0 Å².